The SMILES string of the molecule is CCCN1C(=CC=O)C(Cc2ccccc2)(Cc2ccccc2)c2cc(Cl)ccc21. The lowest BCUT2D eigenvalue weighted by molar-refractivity contribution is -0.104. The van der Waals surface area contributed by atoms with Crippen LogP contribution < -0.4 is 4.90 Å². The van der Waals surface area contributed by atoms with E-state index in [0.717, 1.165) is 48.5 Å². The molecule has 152 valence electrons. The van der Waals surface area contributed by atoms with Crippen LogP contribution in [0.1, 0.15) is 30.0 Å². The molecule has 1 aliphatic heterocycles. The molecule has 0 saturated carbocycles. The summed E-state index contributed by atoms with van der Waals surface area (Å²) in [5.41, 5.74) is 5.54. The largest absolute Gasteiger partial charge is 0.344 e. The second-order valence-corrected chi connectivity index (χ2v) is 8.34. The van der Waals surface area contributed by atoms with Gasteiger partial charge in [-0.2, -0.15) is 0 Å². The van der Waals surface area contributed by atoms with Gasteiger partial charge < -0.3 is 4.90 Å². The summed E-state index contributed by atoms with van der Waals surface area (Å²) in [7, 11) is 0. The summed E-state index contributed by atoms with van der Waals surface area (Å²) in [6.07, 6.45) is 5.28. The Hall–Kier alpha value is -2.84. The monoisotopic (exact) mass is 415 g/mol. The highest BCUT2D eigenvalue weighted by Gasteiger charge is 2.47. The number of rotatable bonds is 7. The van der Waals surface area contributed by atoms with E-state index in [9.17, 15) is 4.79 Å². The number of allylic oxidation sites excluding steroid dienone is 2. The summed E-state index contributed by atoms with van der Waals surface area (Å²) < 4.78 is 0. The number of halogens is 1. The summed E-state index contributed by atoms with van der Waals surface area (Å²) in [6, 6.07) is 27.2. The molecule has 3 aromatic rings. The minimum Gasteiger partial charge on any atom is -0.344 e. The van der Waals surface area contributed by atoms with Crippen LogP contribution in [-0.2, 0) is 23.1 Å². The average molecular weight is 416 g/mol. The topological polar surface area (TPSA) is 20.3 Å². The number of anilines is 1. The second-order valence-electron chi connectivity index (χ2n) is 7.91. The molecule has 0 spiro atoms. The van der Waals surface area contributed by atoms with Gasteiger partial charge in [0.15, 0.2) is 0 Å². The number of hydrogen-bond donors (Lipinski definition) is 0. The van der Waals surface area contributed by atoms with Crippen molar-refractivity contribution in [3.05, 3.63) is 112 Å². The van der Waals surface area contributed by atoms with Crippen LogP contribution in [0.4, 0.5) is 5.69 Å². The van der Waals surface area contributed by atoms with Gasteiger partial charge in [0, 0.05) is 28.4 Å². The standard InChI is InChI=1S/C27H26ClNO/c1-2-16-29-25-14-13-23(28)18-24(25)27(26(29)15-17-30,19-21-9-5-3-6-10-21)20-22-11-7-4-8-12-22/h3-15,17-18H,2,16,19-20H2,1H3. The zero-order chi connectivity index (χ0) is 21.0. The predicted octanol–water partition coefficient (Wildman–Crippen LogP) is 6.38. The van der Waals surface area contributed by atoms with E-state index in [4.69, 9.17) is 11.6 Å². The van der Waals surface area contributed by atoms with Crippen LogP contribution >= 0.6 is 11.6 Å². The second kappa shape index (κ2) is 8.89. The van der Waals surface area contributed by atoms with Gasteiger partial charge in [0.2, 0.25) is 0 Å². The van der Waals surface area contributed by atoms with Crippen LogP contribution in [0.25, 0.3) is 0 Å². The number of hydrogen-bond acceptors (Lipinski definition) is 2. The molecular formula is C27H26ClNO. The zero-order valence-electron chi connectivity index (χ0n) is 17.2. The molecule has 0 amide bonds. The Labute approximate surface area is 183 Å². The van der Waals surface area contributed by atoms with Crippen LogP contribution in [0.2, 0.25) is 5.02 Å². The van der Waals surface area contributed by atoms with E-state index in [2.05, 4.69) is 72.5 Å². The molecule has 0 N–H and O–H groups in total. The van der Waals surface area contributed by atoms with Crippen molar-refractivity contribution < 1.29 is 4.79 Å². The molecule has 30 heavy (non-hydrogen) atoms. The van der Waals surface area contributed by atoms with Gasteiger partial charge in [-0.15, -0.1) is 0 Å². The van der Waals surface area contributed by atoms with Crippen LogP contribution in [-0.4, -0.2) is 12.8 Å². The van der Waals surface area contributed by atoms with Crippen LogP contribution in [0.5, 0.6) is 0 Å². The summed E-state index contributed by atoms with van der Waals surface area (Å²) in [4.78, 5) is 14.1. The predicted molar refractivity (Wildman–Crippen MR) is 125 cm³/mol. The number of aldehydes is 1. The van der Waals surface area contributed by atoms with Gasteiger partial charge >= 0.3 is 0 Å². The lowest BCUT2D eigenvalue weighted by atomic mass is 9.70. The molecule has 1 heterocycles. The fourth-order valence-corrected chi connectivity index (χ4v) is 4.93. The summed E-state index contributed by atoms with van der Waals surface area (Å²) in [5, 5.41) is 0.725. The van der Waals surface area contributed by atoms with E-state index >= 15 is 0 Å². The molecule has 4 rings (SSSR count). The van der Waals surface area contributed by atoms with Gasteiger partial charge in [-0.3, -0.25) is 4.79 Å². The molecule has 3 heteroatoms. The molecule has 0 aliphatic carbocycles. The third kappa shape index (κ3) is 3.80. The maximum atomic E-state index is 11.8. The van der Waals surface area contributed by atoms with Crippen molar-refractivity contribution in [3.8, 4) is 0 Å². The summed E-state index contributed by atoms with van der Waals surface area (Å²) >= 11 is 6.50. The quantitative estimate of drug-likeness (QED) is 0.330. The van der Waals surface area contributed by atoms with Gasteiger partial charge in [0.1, 0.15) is 6.29 Å². The molecule has 0 fully saturated rings. The normalized spacial score (nSPS) is 15.9. The lowest BCUT2D eigenvalue weighted by Crippen LogP contribution is -2.36. The number of fused-ring (bicyclic) bond motifs is 1. The molecule has 0 atom stereocenters. The number of nitrogens with zero attached hydrogens (tertiary/aromatic N) is 1. The first-order valence-electron chi connectivity index (χ1n) is 10.5. The summed E-state index contributed by atoms with van der Waals surface area (Å²) in [6.45, 7) is 3.03. The Morgan fingerprint density at radius 3 is 2.03 bits per heavy atom. The van der Waals surface area contributed by atoms with Gasteiger partial charge in [0.25, 0.3) is 0 Å². The molecule has 2 nitrogen and oxygen atoms in total. The number of carbonyl (C=O) groups is 1. The number of carbonyl (C=O) groups excluding carboxylic acids is 1. The maximum absolute atomic E-state index is 11.8. The fourth-order valence-electron chi connectivity index (χ4n) is 4.75. The van der Waals surface area contributed by atoms with Crippen molar-refractivity contribution in [3.63, 3.8) is 0 Å². The Bertz CT molecular complexity index is 1000. The Morgan fingerprint density at radius 2 is 1.50 bits per heavy atom. The minimum absolute atomic E-state index is 0.362. The summed E-state index contributed by atoms with van der Waals surface area (Å²) in [5.74, 6) is 0. The molecule has 0 saturated heterocycles. The van der Waals surface area contributed by atoms with E-state index in [1.807, 2.05) is 18.2 Å². The highest BCUT2D eigenvalue weighted by Crippen LogP contribution is 2.52. The van der Waals surface area contributed by atoms with Gasteiger partial charge in [-0.25, -0.2) is 0 Å². The Balaban J connectivity index is 1.96. The Kier molecular flexibility index (Phi) is 6.06. The molecule has 0 bridgehead atoms. The third-order valence-electron chi connectivity index (χ3n) is 5.92. The molecule has 0 radical (unpaired) electrons. The lowest BCUT2D eigenvalue weighted by Gasteiger charge is -2.34. The molecule has 0 aromatic heterocycles. The van der Waals surface area contributed by atoms with Crippen molar-refractivity contribution in [2.75, 3.05) is 11.4 Å². The highest BCUT2D eigenvalue weighted by molar-refractivity contribution is 6.30. The van der Waals surface area contributed by atoms with Crippen molar-refractivity contribution in [1.82, 2.24) is 0 Å². The van der Waals surface area contributed by atoms with Gasteiger partial charge in [-0.05, 0) is 60.2 Å². The van der Waals surface area contributed by atoms with Crippen molar-refractivity contribution in [2.24, 2.45) is 0 Å². The minimum atomic E-state index is -0.362. The van der Waals surface area contributed by atoms with E-state index in [1.165, 1.54) is 16.7 Å². The first kappa shape index (κ1) is 20.4. The van der Waals surface area contributed by atoms with Gasteiger partial charge in [0.05, 0.1) is 0 Å². The van der Waals surface area contributed by atoms with Crippen LogP contribution in [0, 0.1) is 0 Å². The first-order chi connectivity index (χ1) is 14.7. The Morgan fingerprint density at radius 1 is 0.900 bits per heavy atom. The first-order valence-corrected chi connectivity index (χ1v) is 10.9. The van der Waals surface area contributed by atoms with E-state index in [0.29, 0.717) is 0 Å². The zero-order valence-corrected chi connectivity index (χ0v) is 18.0. The molecule has 1 aliphatic rings. The molecule has 0 unspecified atom stereocenters. The van der Waals surface area contributed by atoms with E-state index in [1.54, 1.807) is 6.08 Å². The van der Waals surface area contributed by atoms with Gasteiger partial charge in [-0.1, -0.05) is 79.2 Å². The van der Waals surface area contributed by atoms with Crippen LogP contribution in [0.3, 0.4) is 0 Å². The molecule has 3 aromatic carbocycles. The third-order valence-corrected chi connectivity index (χ3v) is 6.15. The number of benzene rings is 3. The average Bonchev–Trinajstić information content (AvgIpc) is 2.99. The highest BCUT2D eigenvalue weighted by atomic mass is 35.5. The van der Waals surface area contributed by atoms with Crippen LogP contribution in [0.15, 0.2) is 90.6 Å². The fraction of sp³-hybridized carbons (Fsp3) is 0.222. The molecular weight excluding hydrogens is 390 g/mol. The maximum Gasteiger partial charge on any atom is 0.144 e. The van der Waals surface area contributed by atoms with Crippen molar-refractivity contribution >= 4 is 23.6 Å². The van der Waals surface area contributed by atoms with E-state index in [-0.39, 0.29) is 5.41 Å². The van der Waals surface area contributed by atoms with E-state index < -0.39 is 0 Å². The van der Waals surface area contributed by atoms with Crippen molar-refractivity contribution in [2.45, 2.75) is 31.6 Å². The smallest absolute Gasteiger partial charge is 0.144 e. The van der Waals surface area contributed by atoms with Crippen molar-refractivity contribution in [1.29, 1.82) is 0 Å².